The van der Waals surface area contributed by atoms with Gasteiger partial charge in [0.05, 0.1) is 0 Å². The van der Waals surface area contributed by atoms with Gasteiger partial charge in [-0.25, -0.2) is 0 Å². The van der Waals surface area contributed by atoms with E-state index in [2.05, 4.69) is 53.4 Å². The number of rotatable bonds is 4. The van der Waals surface area contributed by atoms with Crippen LogP contribution in [0.2, 0.25) is 0 Å². The molecule has 2 aromatic carbocycles. The Morgan fingerprint density at radius 3 is 2.26 bits per heavy atom. The van der Waals surface area contributed by atoms with Crippen molar-refractivity contribution < 1.29 is 4.79 Å². The highest BCUT2D eigenvalue weighted by atomic mass is 35.5. The van der Waals surface area contributed by atoms with Crippen LogP contribution >= 0.6 is 12.4 Å². The molecule has 0 fully saturated rings. The number of nitrogens with one attached hydrogen (secondary N) is 2. The van der Waals surface area contributed by atoms with Crippen molar-refractivity contribution in [2.24, 2.45) is 5.73 Å². The molecule has 0 saturated heterocycles. The fourth-order valence-electron chi connectivity index (χ4n) is 2.54. The lowest BCUT2D eigenvalue weighted by atomic mass is 9.87. The number of H-pyrrole nitrogens is 1. The third kappa shape index (κ3) is 4.93. The smallest absolute Gasteiger partial charge is 0.258 e. The zero-order chi connectivity index (χ0) is 18.7. The lowest BCUT2D eigenvalue weighted by Crippen LogP contribution is -2.13. The molecule has 1 aromatic heterocycles. The van der Waals surface area contributed by atoms with E-state index >= 15 is 0 Å². The molecular weight excluding hydrogens is 362 g/mol. The van der Waals surface area contributed by atoms with Crippen molar-refractivity contribution in [2.75, 3.05) is 5.32 Å². The van der Waals surface area contributed by atoms with E-state index in [0.29, 0.717) is 17.9 Å². The molecule has 0 radical (unpaired) electrons. The normalized spacial score (nSPS) is 11.0. The number of anilines is 1. The van der Waals surface area contributed by atoms with E-state index in [1.54, 1.807) is 12.1 Å². The molecule has 1 amide bonds. The molecule has 0 atom stereocenters. The molecule has 6 nitrogen and oxygen atoms in total. The van der Waals surface area contributed by atoms with Gasteiger partial charge in [0.25, 0.3) is 5.91 Å². The van der Waals surface area contributed by atoms with Crippen LogP contribution in [0.25, 0.3) is 11.4 Å². The number of carbonyl (C=O) groups is 1. The zero-order valence-electron chi connectivity index (χ0n) is 15.6. The van der Waals surface area contributed by atoms with Gasteiger partial charge in [0.2, 0.25) is 5.95 Å². The van der Waals surface area contributed by atoms with Crippen molar-refractivity contribution in [2.45, 2.75) is 32.7 Å². The molecule has 0 unspecified atom stereocenters. The maximum atomic E-state index is 12.3. The van der Waals surface area contributed by atoms with Gasteiger partial charge in [-0.1, -0.05) is 57.2 Å². The Morgan fingerprint density at radius 2 is 1.70 bits per heavy atom. The van der Waals surface area contributed by atoms with E-state index in [0.717, 1.165) is 11.1 Å². The lowest BCUT2D eigenvalue weighted by Gasteiger charge is -2.18. The summed E-state index contributed by atoms with van der Waals surface area (Å²) in [6.45, 7) is 6.96. The third-order valence-corrected chi connectivity index (χ3v) is 4.19. The van der Waals surface area contributed by atoms with Gasteiger partial charge in [0.15, 0.2) is 5.82 Å². The van der Waals surface area contributed by atoms with E-state index < -0.39 is 0 Å². The molecule has 27 heavy (non-hydrogen) atoms. The molecule has 0 spiro atoms. The van der Waals surface area contributed by atoms with Gasteiger partial charge in [-0.2, -0.15) is 4.98 Å². The third-order valence-electron chi connectivity index (χ3n) is 4.19. The van der Waals surface area contributed by atoms with Crippen LogP contribution in [-0.2, 0) is 12.0 Å². The largest absolute Gasteiger partial charge is 0.326 e. The molecule has 0 aliphatic carbocycles. The quantitative estimate of drug-likeness (QED) is 0.634. The summed E-state index contributed by atoms with van der Waals surface area (Å²) in [5.41, 5.74) is 9.33. The summed E-state index contributed by atoms with van der Waals surface area (Å²) >= 11 is 0. The van der Waals surface area contributed by atoms with Gasteiger partial charge in [-0.05, 0) is 28.7 Å². The van der Waals surface area contributed by atoms with Crippen LogP contribution in [0, 0.1) is 0 Å². The van der Waals surface area contributed by atoms with E-state index in [1.807, 2.05) is 24.3 Å². The van der Waals surface area contributed by atoms with Gasteiger partial charge in [-0.3, -0.25) is 15.2 Å². The highest BCUT2D eigenvalue weighted by Gasteiger charge is 2.14. The summed E-state index contributed by atoms with van der Waals surface area (Å²) < 4.78 is 0. The monoisotopic (exact) mass is 385 g/mol. The van der Waals surface area contributed by atoms with Crippen molar-refractivity contribution in [3.63, 3.8) is 0 Å². The van der Waals surface area contributed by atoms with Crippen molar-refractivity contribution in [3.05, 3.63) is 65.2 Å². The second-order valence-electron chi connectivity index (χ2n) is 7.19. The summed E-state index contributed by atoms with van der Waals surface area (Å²) in [6.07, 6.45) is 0. The molecule has 142 valence electrons. The molecule has 4 N–H and O–H groups in total. The molecule has 0 bridgehead atoms. The Bertz CT molecular complexity index is 895. The molecule has 0 aliphatic rings. The number of halogens is 1. The molecule has 0 aliphatic heterocycles. The predicted octanol–water partition coefficient (Wildman–Crippen LogP) is 3.90. The van der Waals surface area contributed by atoms with Crippen LogP contribution in [0.15, 0.2) is 48.5 Å². The summed E-state index contributed by atoms with van der Waals surface area (Å²) in [7, 11) is 0. The van der Waals surface area contributed by atoms with Gasteiger partial charge < -0.3 is 5.73 Å². The average Bonchev–Trinajstić information content (AvgIpc) is 3.09. The Morgan fingerprint density at radius 1 is 1.07 bits per heavy atom. The van der Waals surface area contributed by atoms with Crippen LogP contribution in [0.3, 0.4) is 0 Å². The Kier molecular flexibility index (Phi) is 6.36. The fourth-order valence-corrected chi connectivity index (χ4v) is 2.54. The number of benzene rings is 2. The molecule has 1 heterocycles. The van der Waals surface area contributed by atoms with Crippen LogP contribution < -0.4 is 11.1 Å². The fraction of sp³-hybridized carbons (Fsp3) is 0.250. The first-order chi connectivity index (χ1) is 12.4. The second-order valence-corrected chi connectivity index (χ2v) is 7.19. The second kappa shape index (κ2) is 8.33. The molecule has 3 rings (SSSR count). The predicted molar refractivity (Wildman–Crippen MR) is 110 cm³/mol. The van der Waals surface area contributed by atoms with Gasteiger partial charge in [0.1, 0.15) is 0 Å². The highest BCUT2D eigenvalue weighted by Crippen LogP contribution is 2.25. The first-order valence-corrected chi connectivity index (χ1v) is 8.50. The summed E-state index contributed by atoms with van der Waals surface area (Å²) in [4.78, 5) is 16.6. The Balaban J connectivity index is 0.00000261. The average molecular weight is 386 g/mol. The van der Waals surface area contributed by atoms with Crippen molar-refractivity contribution in [3.8, 4) is 11.4 Å². The van der Waals surface area contributed by atoms with Crippen LogP contribution in [0.5, 0.6) is 0 Å². The molecule has 0 saturated carbocycles. The lowest BCUT2D eigenvalue weighted by molar-refractivity contribution is 0.102. The van der Waals surface area contributed by atoms with Crippen LogP contribution in [-0.4, -0.2) is 21.1 Å². The first-order valence-electron chi connectivity index (χ1n) is 8.50. The summed E-state index contributed by atoms with van der Waals surface area (Å²) in [5.74, 6) is 0.592. The maximum absolute atomic E-state index is 12.3. The minimum atomic E-state index is -0.262. The SMILES string of the molecule is CC(C)(C)c1ccc(-c2nc(NC(=O)c3ccc(CN)cc3)n[nH]2)cc1.Cl. The van der Waals surface area contributed by atoms with E-state index in [-0.39, 0.29) is 29.7 Å². The van der Waals surface area contributed by atoms with E-state index in [1.165, 1.54) is 5.56 Å². The minimum Gasteiger partial charge on any atom is -0.326 e. The number of aromatic amines is 1. The molecule has 7 heteroatoms. The topological polar surface area (TPSA) is 96.7 Å². The van der Waals surface area contributed by atoms with Gasteiger partial charge >= 0.3 is 0 Å². The Labute approximate surface area is 165 Å². The standard InChI is InChI=1S/C20H23N5O.ClH/c1-20(2,3)16-10-8-14(9-11-16)17-22-19(25-24-17)23-18(26)15-6-4-13(12-21)5-7-15;/h4-11H,12,21H2,1-3H3,(H2,22,23,24,25,26);1H. The zero-order valence-corrected chi connectivity index (χ0v) is 16.4. The van der Waals surface area contributed by atoms with Gasteiger partial charge in [0, 0.05) is 17.7 Å². The van der Waals surface area contributed by atoms with Crippen LogP contribution in [0.1, 0.15) is 42.3 Å². The number of hydrogen-bond acceptors (Lipinski definition) is 4. The highest BCUT2D eigenvalue weighted by molar-refractivity contribution is 6.03. The molecule has 3 aromatic rings. The number of nitrogens with zero attached hydrogens (tertiary/aromatic N) is 2. The Hall–Kier alpha value is -2.70. The number of aromatic nitrogens is 3. The minimum absolute atomic E-state index is 0. The number of hydrogen-bond donors (Lipinski definition) is 3. The van der Waals surface area contributed by atoms with E-state index in [9.17, 15) is 4.79 Å². The summed E-state index contributed by atoms with van der Waals surface area (Å²) in [6, 6.07) is 15.3. The van der Waals surface area contributed by atoms with Crippen LogP contribution in [0.4, 0.5) is 5.95 Å². The summed E-state index contributed by atoms with van der Waals surface area (Å²) in [5, 5.41) is 9.64. The van der Waals surface area contributed by atoms with E-state index in [4.69, 9.17) is 5.73 Å². The first kappa shape index (κ1) is 20.6. The number of amides is 1. The van der Waals surface area contributed by atoms with Crippen molar-refractivity contribution in [1.82, 2.24) is 15.2 Å². The molecular formula is C20H24ClN5O. The maximum Gasteiger partial charge on any atom is 0.258 e. The van der Waals surface area contributed by atoms with Crippen molar-refractivity contribution in [1.29, 1.82) is 0 Å². The van der Waals surface area contributed by atoms with Crippen molar-refractivity contribution >= 4 is 24.3 Å². The van der Waals surface area contributed by atoms with Gasteiger partial charge in [-0.15, -0.1) is 17.5 Å². The number of nitrogens with two attached hydrogens (primary N) is 1. The number of carbonyl (C=O) groups excluding carboxylic acids is 1.